The van der Waals surface area contributed by atoms with Crippen molar-refractivity contribution in [3.8, 4) is 0 Å². The van der Waals surface area contributed by atoms with Crippen LogP contribution in [0.5, 0.6) is 0 Å². The number of nitrogen functional groups attached to an aromatic ring is 1. The fourth-order valence-corrected chi connectivity index (χ4v) is 4.26. The molecule has 4 nitrogen and oxygen atoms in total. The van der Waals surface area contributed by atoms with Crippen molar-refractivity contribution < 1.29 is 8.42 Å². The summed E-state index contributed by atoms with van der Waals surface area (Å²) in [6, 6.07) is 5.10. The monoisotopic (exact) mass is 346 g/mol. The van der Waals surface area contributed by atoms with Crippen molar-refractivity contribution in [1.82, 2.24) is 4.31 Å². The van der Waals surface area contributed by atoms with Gasteiger partial charge in [-0.25, -0.2) is 8.42 Å². The van der Waals surface area contributed by atoms with Crippen LogP contribution in [0, 0.1) is 0 Å². The summed E-state index contributed by atoms with van der Waals surface area (Å²) >= 11 is 3.29. The van der Waals surface area contributed by atoms with Crippen molar-refractivity contribution in [2.75, 3.05) is 12.3 Å². The molecule has 1 aliphatic carbocycles. The largest absolute Gasteiger partial charge is 0.398 e. The summed E-state index contributed by atoms with van der Waals surface area (Å²) in [7, 11) is -3.47. The Kier molecular flexibility index (Phi) is 4.53. The smallest absolute Gasteiger partial charge is 0.245 e. The summed E-state index contributed by atoms with van der Waals surface area (Å²) < 4.78 is 27.8. The molecule has 0 bridgehead atoms. The van der Waals surface area contributed by atoms with E-state index in [0.29, 0.717) is 12.2 Å². The second-order valence-corrected chi connectivity index (χ2v) is 7.66. The first kappa shape index (κ1) is 14.8. The second kappa shape index (κ2) is 5.81. The van der Waals surface area contributed by atoms with Gasteiger partial charge >= 0.3 is 0 Å². The van der Waals surface area contributed by atoms with Crippen LogP contribution in [0.3, 0.4) is 0 Å². The van der Waals surface area contributed by atoms with E-state index in [2.05, 4.69) is 22.9 Å². The van der Waals surface area contributed by atoms with E-state index in [4.69, 9.17) is 5.73 Å². The molecule has 0 saturated heterocycles. The minimum atomic E-state index is -3.47. The third kappa shape index (κ3) is 3.30. The number of sulfonamides is 1. The van der Waals surface area contributed by atoms with Crippen molar-refractivity contribution in [3.05, 3.63) is 22.7 Å². The number of halogens is 1. The Morgan fingerprint density at radius 1 is 1.42 bits per heavy atom. The van der Waals surface area contributed by atoms with Crippen LogP contribution in [0.4, 0.5) is 5.69 Å². The van der Waals surface area contributed by atoms with Crippen LogP contribution < -0.4 is 5.73 Å². The van der Waals surface area contributed by atoms with Crippen LogP contribution >= 0.6 is 15.9 Å². The van der Waals surface area contributed by atoms with Crippen molar-refractivity contribution in [2.24, 2.45) is 0 Å². The van der Waals surface area contributed by atoms with Gasteiger partial charge in [-0.1, -0.05) is 29.3 Å². The third-order valence-corrected chi connectivity index (χ3v) is 5.76. The zero-order chi connectivity index (χ0) is 14.0. The molecule has 1 aromatic rings. The van der Waals surface area contributed by atoms with E-state index in [1.54, 1.807) is 22.5 Å². The average molecular weight is 347 g/mol. The number of nitrogens with zero attached hydrogens (tertiary/aromatic N) is 1. The van der Waals surface area contributed by atoms with Gasteiger partial charge < -0.3 is 5.73 Å². The normalized spacial score (nSPS) is 15.9. The van der Waals surface area contributed by atoms with Gasteiger partial charge in [-0.05, 0) is 37.5 Å². The van der Waals surface area contributed by atoms with E-state index in [1.165, 1.54) is 0 Å². The van der Waals surface area contributed by atoms with Crippen molar-refractivity contribution in [3.63, 3.8) is 0 Å². The van der Waals surface area contributed by atoms with Gasteiger partial charge in [-0.15, -0.1) is 0 Å². The maximum absolute atomic E-state index is 12.7. The van der Waals surface area contributed by atoms with Crippen LogP contribution in [0.1, 0.15) is 32.6 Å². The Bertz CT molecular complexity index is 556. The lowest BCUT2D eigenvalue weighted by molar-refractivity contribution is 0.396. The molecular formula is C13H19BrN2O2S. The Labute approximate surface area is 123 Å². The van der Waals surface area contributed by atoms with E-state index in [-0.39, 0.29) is 10.9 Å². The van der Waals surface area contributed by atoms with Gasteiger partial charge in [0.1, 0.15) is 4.90 Å². The highest BCUT2D eigenvalue weighted by molar-refractivity contribution is 9.10. The number of rotatable bonds is 6. The number of benzene rings is 1. The topological polar surface area (TPSA) is 63.4 Å². The van der Waals surface area contributed by atoms with Gasteiger partial charge in [-0.2, -0.15) is 4.31 Å². The molecule has 0 aromatic heterocycles. The van der Waals surface area contributed by atoms with Crippen LogP contribution in [0.25, 0.3) is 0 Å². The van der Waals surface area contributed by atoms with Crippen molar-refractivity contribution in [1.29, 1.82) is 0 Å². The molecule has 2 rings (SSSR count). The molecule has 19 heavy (non-hydrogen) atoms. The molecule has 0 spiro atoms. The first-order valence-electron chi connectivity index (χ1n) is 6.53. The summed E-state index contributed by atoms with van der Waals surface area (Å²) in [4.78, 5) is 0.221. The summed E-state index contributed by atoms with van der Waals surface area (Å²) in [6.45, 7) is 2.64. The van der Waals surface area contributed by atoms with Crippen molar-refractivity contribution >= 4 is 31.6 Å². The highest BCUT2D eigenvalue weighted by Crippen LogP contribution is 2.34. The highest BCUT2D eigenvalue weighted by Gasteiger charge is 2.38. The van der Waals surface area contributed by atoms with Gasteiger partial charge in [0.25, 0.3) is 0 Å². The van der Waals surface area contributed by atoms with Gasteiger partial charge in [0, 0.05) is 17.1 Å². The third-order valence-electron chi connectivity index (χ3n) is 3.24. The Hall–Kier alpha value is -0.590. The lowest BCUT2D eigenvalue weighted by Gasteiger charge is -2.22. The molecule has 0 unspecified atom stereocenters. The van der Waals surface area contributed by atoms with Crippen molar-refractivity contribution in [2.45, 2.75) is 43.5 Å². The van der Waals surface area contributed by atoms with Gasteiger partial charge in [0.2, 0.25) is 10.0 Å². The fraction of sp³-hybridized carbons (Fsp3) is 0.538. The predicted molar refractivity (Wildman–Crippen MR) is 80.4 cm³/mol. The van der Waals surface area contributed by atoms with Gasteiger partial charge in [0.15, 0.2) is 0 Å². The van der Waals surface area contributed by atoms with Crippen LogP contribution in [0.2, 0.25) is 0 Å². The predicted octanol–water partition coefficient (Wildman–Crippen LogP) is 2.98. The molecule has 0 heterocycles. The zero-order valence-electron chi connectivity index (χ0n) is 11.0. The van der Waals surface area contributed by atoms with E-state index in [9.17, 15) is 8.42 Å². The average Bonchev–Trinajstić information content (AvgIpc) is 3.13. The van der Waals surface area contributed by atoms with E-state index < -0.39 is 10.0 Å². The summed E-state index contributed by atoms with van der Waals surface area (Å²) in [5, 5.41) is 0. The molecule has 0 atom stereocenters. The molecule has 2 N–H and O–H groups in total. The fourth-order valence-electron chi connectivity index (χ4n) is 2.06. The molecule has 0 aliphatic heterocycles. The number of hydrogen-bond acceptors (Lipinski definition) is 3. The molecule has 1 fully saturated rings. The lowest BCUT2D eigenvalue weighted by Crippen LogP contribution is -2.34. The summed E-state index contributed by atoms with van der Waals surface area (Å²) in [6.07, 6.45) is 3.78. The number of hydrogen-bond donors (Lipinski definition) is 1. The van der Waals surface area contributed by atoms with Crippen LogP contribution in [-0.4, -0.2) is 25.3 Å². The standard InChI is InChI=1S/C13H19BrN2O2S/c1-2-3-8-16(11-5-6-11)19(17,18)13-7-4-10(14)9-12(13)15/h4,7,9,11H,2-3,5-6,8,15H2,1H3. The summed E-state index contributed by atoms with van der Waals surface area (Å²) in [5.74, 6) is 0. The minimum Gasteiger partial charge on any atom is -0.398 e. The molecule has 1 aliphatic rings. The Morgan fingerprint density at radius 2 is 2.11 bits per heavy atom. The van der Waals surface area contributed by atoms with E-state index in [1.807, 2.05) is 0 Å². The molecule has 1 saturated carbocycles. The Morgan fingerprint density at radius 3 is 2.63 bits per heavy atom. The number of anilines is 1. The lowest BCUT2D eigenvalue weighted by atomic mass is 10.3. The van der Waals surface area contributed by atoms with E-state index in [0.717, 1.165) is 30.2 Å². The van der Waals surface area contributed by atoms with E-state index >= 15 is 0 Å². The summed E-state index contributed by atoms with van der Waals surface area (Å²) in [5.41, 5.74) is 6.16. The number of nitrogens with two attached hydrogens (primary N) is 1. The quantitative estimate of drug-likeness (QED) is 0.805. The molecule has 0 radical (unpaired) electrons. The molecule has 6 heteroatoms. The van der Waals surface area contributed by atoms with Gasteiger partial charge in [-0.3, -0.25) is 0 Å². The Balaban J connectivity index is 2.33. The van der Waals surface area contributed by atoms with Crippen LogP contribution in [-0.2, 0) is 10.0 Å². The van der Waals surface area contributed by atoms with Gasteiger partial charge in [0.05, 0.1) is 5.69 Å². The molecule has 1 aromatic carbocycles. The molecule has 0 amide bonds. The zero-order valence-corrected chi connectivity index (χ0v) is 13.4. The second-order valence-electron chi connectivity index (χ2n) is 4.88. The number of unbranched alkanes of at least 4 members (excludes halogenated alkanes) is 1. The molecular weight excluding hydrogens is 328 g/mol. The van der Waals surface area contributed by atoms with Crippen LogP contribution in [0.15, 0.2) is 27.6 Å². The SMILES string of the molecule is CCCCN(C1CC1)S(=O)(=O)c1ccc(Br)cc1N. The molecule has 106 valence electrons. The maximum Gasteiger partial charge on any atom is 0.245 e. The maximum atomic E-state index is 12.7. The first-order chi connectivity index (χ1) is 8.96. The highest BCUT2D eigenvalue weighted by atomic mass is 79.9. The first-order valence-corrected chi connectivity index (χ1v) is 8.77. The minimum absolute atomic E-state index is 0.166.